The van der Waals surface area contributed by atoms with Crippen LogP contribution >= 0.6 is 23.2 Å². The van der Waals surface area contributed by atoms with Crippen LogP contribution in [-0.2, 0) is 0 Å². The number of aryl methyl sites for hydroxylation is 1. The third-order valence-corrected chi connectivity index (χ3v) is 2.52. The molecule has 0 aliphatic rings. The topological polar surface area (TPSA) is 47.6 Å². The van der Waals surface area contributed by atoms with Crippen LogP contribution < -0.4 is 0 Å². The highest BCUT2D eigenvalue weighted by Crippen LogP contribution is 2.26. The van der Waals surface area contributed by atoms with Gasteiger partial charge in [0.15, 0.2) is 0 Å². The van der Waals surface area contributed by atoms with E-state index in [1.54, 1.807) is 24.3 Å². The first-order valence-electron chi connectivity index (χ1n) is 4.06. The van der Waals surface area contributed by atoms with Gasteiger partial charge >= 0.3 is 0 Å². The zero-order valence-electron chi connectivity index (χ0n) is 7.88. The fraction of sp³-hybridized carbons (Fsp3) is 0.0909. The lowest BCUT2D eigenvalue weighted by molar-refractivity contribution is 1.44. The van der Waals surface area contributed by atoms with Gasteiger partial charge < -0.3 is 0 Å². The Labute approximate surface area is 98.0 Å². The highest BCUT2D eigenvalue weighted by Gasteiger charge is 2.04. The third kappa shape index (κ3) is 2.73. The number of nitrogens with zero attached hydrogens (tertiary/aromatic N) is 2. The molecule has 2 nitrogen and oxygen atoms in total. The van der Waals surface area contributed by atoms with Crippen molar-refractivity contribution >= 4 is 29.3 Å². The summed E-state index contributed by atoms with van der Waals surface area (Å²) in [5.74, 6) is 0. The molecule has 0 aliphatic carbocycles. The predicted octanol–water partition coefficient (Wildman–Crippen LogP) is 3.73. The van der Waals surface area contributed by atoms with Crippen molar-refractivity contribution < 1.29 is 0 Å². The maximum Gasteiger partial charge on any atom is 0.130 e. The second kappa shape index (κ2) is 4.84. The van der Waals surface area contributed by atoms with Crippen molar-refractivity contribution in [2.24, 2.45) is 0 Å². The molecule has 1 aromatic rings. The molecule has 0 aliphatic heterocycles. The van der Waals surface area contributed by atoms with Crippen molar-refractivity contribution in [2.75, 3.05) is 0 Å². The van der Waals surface area contributed by atoms with Crippen molar-refractivity contribution in [1.29, 1.82) is 10.5 Å². The van der Waals surface area contributed by atoms with E-state index in [9.17, 15) is 0 Å². The molecule has 74 valence electrons. The normalized spacial score (nSPS) is 8.87. The van der Waals surface area contributed by atoms with E-state index in [0.29, 0.717) is 15.6 Å². The molecule has 0 radical (unpaired) electrons. The van der Waals surface area contributed by atoms with Gasteiger partial charge in [0, 0.05) is 5.02 Å². The average Bonchev–Trinajstić information content (AvgIpc) is 2.21. The van der Waals surface area contributed by atoms with Gasteiger partial charge in [-0.1, -0.05) is 23.2 Å². The number of benzene rings is 1. The molecule has 0 unspecified atom stereocenters. The number of hydrogen-bond donors (Lipinski definition) is 0. The quantitative estimate of drug-likeness (QED) is 0.698. The standard InChI is InChI=1S/C11H6Cl2N2/c1-7-2-10(12)4-9(11(7)13)3-8(5-14)6-15/h2-4H,1H3. The molecule has 0 fully saturated rings. The van der Waals surface area contributed by atoms with E-state index in [1.807, 2.05) is 6.92 Å². The van der Waals surface area contributed by atoms with E-state index in [4.69, 9.17) is 33.7 Å². The fourth-order valence-electron chi connectivity index (χ4n) is 1.10. The largest absolute Gasteiger partial charge is 0.192 e. The molecule has 0 heterocycles. The van der Waals surface area contributed by atoms with E-state index in [1.165, 1.54) is 6.08 Å². The van der Waals surface area contributed by atoms with Crippen LogP contribution in [0.5, 0.6) is 0 Å². The van der Waals surface area contributed by atoms with Crippen LogP contribution in [-0.4, -0.2) is 0 Å². The first kappa shape index (κ1) is 11.6. The molecule has 15 heavy (non-hydrogen) atoms. The lowest BCUT2D eigenvalue weighted by atomic mass is 10.1. The Balaban J connectivity index is 3.35. The van der Waals surface area contributed by atoms with Crippen LogP contribution in [0.2, 0.25) is 10.0 Å². The van der Waals surface area contributed by atoms with Crippen molar-refractivity contribution in [2.45, 2.75) is 6.92 Å². The van der Waals surface area contributed by atoms with Crippen LogP contribution in [0.25, 0.3) is 6.08 Å². The molecule has 4 heteroatoms. The van der Waals surface area contributed by atoms with Gasteiger partial charge in [0.2, 0.25) is 0 Å². The fourth-order valence-corrected chi connectivity index (χ4v) is 1.55. The molecule has 0 saturated carbocycles. The van der Waals surface area contributed by atoms with Gasteiger partial charge in [-0.3, -0.25) is 0 Å². The van der Waals surface area contributed by atoms with Crippen LogP contribution in [0.1, 0.15) is 11.1 Å². The molecule has 0 aromatic heterocycles. The Hall–Kier alpha value is -1.48. The number of hydrogen-bond acceptors (Lipinski definition) is 2. The van der Waals surface area contributed by atoms with Gasteiger partial charge in [0.05, 0.1) is 5.02 Å². The second-order valence-electron chi connectivity index (χ2n) is 2.91. The van der Waals surface area contributed by atoms with Crippen molar-refractivity contribution in [3.63, 3.8) is 0 Å². The summed E-state index contributed by atoms with van der Waals surface area (Å²) >= 11 is 11.8. The summed E-state index contributed by atoms with van der Waals surface area (Å²) in [6.45, 7) is 1.81. The SMILES string of the molecule is Cc1cc(Cl)cc(C=C(C#N)C#N)c1Cl. The molecular formula is C11H6Cl2N2. The Kier molecular flexibility index (Phi) is 3.74. The van der Waals surface area contributed by atoms with E-state index >= 15 is 0 Å². The maximum absolute atomic E-state index is 8.60. The highest BCUT2D eigenvalue weighted by molar-refractivity contribution is 6.34. The van der Waals surface area contributed by atoms with Gasteiger partial charge in [-0.05, 0) is 36.3 Å². The third-order valence-electron chi connectivity index (χ3n) is 1.79. The molecule has 0 bridgehead atoms. The molecule has 0 spiro atoms. The van der Waals surface area contributed by atoms with E-state index < -0.39 is 0 Å². The summed E-state index contributed by atoms with van der Waals surface area (Å²) in [5.41, 5.74) is 1.39. The predicted molar refractivity (Wildman–Crippen MR) is 60.4 cm³/mol. The Morgan fingerprint density at radius 2 is 1.87 bits per heavy atom. The Morgan fingerprint density at radius 3 is 2.40 bits per heavy atom. The molecule has 1 rings (SSSR count). The smallest absolute Gasteiger partial charge is 0.130 e. The van der Waals surface area contributed by atoms with E-state index in [0.717, 1.165) is 5.56 Å². The van der Waals surface area contributed by atoms with Gasteiger partial charge in [-0.15, -0.1) is 0 Å². The summed E-state index contributed by atoms with van der Waals surface area (Å²) in [4.78, 5) is 0. The van der Waals surface area contributed by atoms with Crippen molar-refractivity contribution in [3.8, 4) is 12.1 Å². The Morgan fingerprint density at radius 1 is 1.27 bits per heavy atom. The zero-order valence-corrected chi connectivity index (χ0v) is 9.39. The lowest BCUT2D eigenvalue weighted by Gasteiger charge is -2.03. The van der Waals surface area contributed by atoms with Crippen LogP contribution in [0.4, 0.5) is 0 Å². The van der Waals surface area contributed by atoms with E-state index in [-0.39, 0.29) is 5.57 Å². The minimum absolute atomic E-state index is 0.00133. The molecule has 0 saturated heterocycles. The number of nitriles is 2. The molecule has 0 atom stereocenters. The number of halogens is 2. The maximum atomic E-state index is 8.60. The first-order valence-corrected chi connectivity index (χ1v) is 4.81. The van der Waals surface area contributed by atoms with Crippen LogP contribution in [0.3, 0.4) is 0 Å². The highest BCUT2D eigenvalue weighted by atomic mass is 35.5. The van der Waals surface area contributed by atoms with Gasteiger partial charge in [-0.2, -0.15) is 10.5 Å². The van der Waals surface area contributed by atoms with Crippen LogP contribution in [0.15, 0.2) is 17.7 Å². The summed E-state index contributed by atoms with van der Waals surface area (Å²) in [6.07, 6.45) is 1.42. The van der Waals surface area contributed by atoms with Crippen molar-refractivity contribution in [3.05, 3.63) is 38.9 Å². The molecular weight excluding hydrogens is 231 g/mol. The number of rotatable bonds is 1. The zero-order chi connectivity index (χ0) is 11.4. The number of allylic oxidation sites excluding steroid dienone is 1. The summed E-state index contributed by atoms with van der Waals surface area (Å²) < 4.78 is 0. The second-order valence-corrected chi connectivity index (χ2v) is 3.72. The average molecular weight is 237 g/mol. The van der Waals surface area contributed by atoms with Gasteiger partial charge in [0.1, 0.15) is 17.7 Å². The summed E-state index contributed by atoms with van der Waals surface area (Å²) in [5, 5.41) is 18.2. The van der Waals surface area contributed by atoms with E-state index in [2.05, 4.69) is 0 Å². The monoisotopic (exact) mass is 236 g/mol. The molecule has 0 N–H and O–H groups in total. The summed E-state index contributed by atoms with van der Waals surface area (Å²) in [7, 11) is 0. The van der Waals surface area contributed by atoms with Crippen molar-refractivity contribution in [1.82, 2.24) is 0 Å². The summed E-state index contributed by atoms with van der Waals surface area (Å²) in [6, 6.07) is 6.87. The minimum atomic E-state index is -0.00133. The Bertz CT molecular complexity index is 489. The lowest BCUT2D eigenvalue weighted by Crippen LogP contribution is -1.83. The molecule has 0 amide bonds. The molecule has 1 aromatic carbocycles. The minimum Gasteiger partial charge on any atom is -0.192 e. The van der Waals surface area contributed by atoms with Gasteiger partial charge in [-0.25, -0.2) is 0 Å². The van der Waals surface area contributed by atoms with Crippen LogP contribution in [0, 0.1) is 29.6 Å². The first-order chi connectivity index (χ1) is 7.08. The van der Waals surface area contributed by atoms with Gasteiger partial charge in [0.25, 0.3) is 0 Å².